The van der Waals surface area contributed by atoms with Crippen LogP contribution in [-0.4, -0.2) is 35.1 Å². The Balaban J connectivity index is 2.33. The van der Waals surface area contributed by atoms with Crippen LogP contribution >= 0.6 is 0 Å². The molecule has 0 fully saturated rings. The molecule has 1 heterocycles. The number of anilines is 1. The maximum absolute atomic E-state index is 8.93. The first kappa shape index (κ1) is 10.7. The van der Waals surface area contributed by atoms with Crippen molar-refractivity contribution >= 4 is 5.82 Å². The third-order valence-corrected chi connectivity index (χ3v) is 2.45. The van der Waals surface area contributed by atoms with Crippen LogP contribution < -0.4 is 4.90 Å². The minimum atomic E-state index is 0.135. The first-order valence-electron chi connectivity index (χ1n) is 5.24. The van der Waals surface area contributed by atoms with Crippen LogP contribution in [0.1, 0.15) is 0 Å². The van der Waals surface area contributed by atoms with Gasteiger partial charge >= 0.3 is 0 Å². The first-order valence-corrected chi connectivity index (χ1v) is 5.24. The first-order chi connectivity index (χ1) is 7.83. The van der Waals surface area contributed by atoms with Crippen LogP contribution in [0.25, 0.3) is 5.69 Å². The molecule has 0 aliphatic rings. The summed E-state index contributed by atoms with van der Waals surface area (Å²) in [4.78, 5) is 1.97. The Kier molecular flexibility index (Phi) is 3.22. The lowest BCUT2D eigenvalue weighted by Gasteiger charge is -2.18. The van der Waals surface area contributed by atoms with Gasteiger partial charge < -0.3 is 10.0 Å². The molecule has 4 heteroatoms. The summed E-state index contributed by atoms with van der Waals surface area (Å²) in [5.74, 6) is 0.972. The zero-order valence-electron chi connectivity index (χ0n) is 9.24. The molecule has 0 bridgehead atoms. The van der Waals surface area contributed by atoms with Gasteiger partial charge in [-0.1, -0.05) is 18.2 Å². The van der Waals surface area contributed by atoms with Crippen molar-refractivity contribution in [1.82, 2.24) is 9.78 Å². The maximum Gasteiger partial charge on any atom is 0.132 e. The highest BCUT2D eigenvalue weighted by molar-refractivity contribution is 5.45. The van der Waals surface area contributed by atoms with Gasteiger partial charge in [-0.2, -0.15) is 5.10 Å². The molecule has 0 aliphatic carbocycles. The number of aliphatic hydroxyl groups excluding tert-OH is 1. The van der Waals surface area contributed by atoms with Gasteiger partial charge in [0.25, 0.3) is 0 Å². The summed E-state index contributed by atoms with van der Waals surface area (Å²) in [6.07, 6.45) is 1.76. The van der Waals surface area contributed by atoms with Crippen molar-refractivity contribution in [1.29, 1.82) is 0 Å². The average Bonchev–Trinajstić information content (AvgIpc) is 2.79. The molecule has 2 aromatic rings. The van der Waals surface area contributed by atoms with E-state index in [0.717, 1.165) is 11.5 Å². The monoisotopic (exact) mass is 217 g/mol. The van der Waals surface area contributed by atoms with Crippen molar-refractivity contribution in [2.75, 3.05) is 25.1 Å². The van der Waals surface area contributed by atoms with Crippen molar-refractivity contribution in [3.63, 3.8) is 0 Å². The van der Waals surface area contributed by atoms with Gasteiger partial charge in [0, 0.05) is 19.7 Å². The SMILES string of the molecule is CN(CCO)c1ccnn1-c1ccccc1. The summed E-state index contributed by atoms with van der Waals surface area (Å²) in [5, 5.41) is 13.2. The molecule has 4 nitrogen and oxygen atoms in total. The summed E-state index contributed by atoms with van der Waals surface area (Å²) in [7, 11) is 1.94. The van der Waals surface area contributed by atoms with Crippen LogP contribution in [0.15, 0.2) is 42.6 Å². The van der Waals surface area contributed by atoms with E-state index >= 15 is 0 Å². The fourth-order valence-corrected chi connectivity index (χ4v) is 1.62. The number of aliphatic hydroxyl groups is 1. The lowest BCUT2D eigenvalue weighted by molar-refractivity contribution is 0.303. The summed E-state index contributed by atoms with van der Waals surface area (Å²) >= 11 is 0. The van der Waals surface area contributed by atoms with E-state index in [-0.39, 0.29) is 6.61 Å². The molecule has 1 aromatic heterocycles. The van der Waals surface area contributed by atoms with Crippen molar-refractivity contribution in [2.24, 2.45) is 0 Å². The van der Waals surface area contributed by atoms with Crippen LogP contribution in [0.5, 0.6) is 0 Å². The number of para-hydroxylation sites is 1. The van der Waals surface area contributed by atoms with Gasteiger partial charge in [-0.25, -0.2) is 4.68 Å². The maximum atomic E-state index is 8.93. The highest BCUT2D eigenvalue weighted by Crippen LogP contribution is 2.17. The molecule has 1 aromatic carbocycles. The normalized spacial score (nSPS) is 10.4. The topological polar surface area (TPSA) is 41.3 Å². The van der Waals surface area contributed by atoms with Crippen molar-refractivity contribution < 1.29 is 5.11 Å². The van der Waals surface area contributed by atoms with Crippen LogP contribution in [0.4, 0.5) is 5.82 Å². The summed E-state index contributed by atoms with van der Waals surface area (Å²) in [6.45, 7) is 0.731. The minimum absolute atomic E-state index is 0.135. The Morgan fingerprint density at radius 1 is 1.25 bits per heavy atom. The van der Waals surface area contributed by atoms with Gasteiger partial charge in [-0.15, -0.1) is 0 Å². The lowest BCUT2D eigenvalue weighted by atomic mass is 10.3. The average molecular weight is 217 g/mol. The number of benzene rings is 1. The molecule has 0 saturated heterocycles. The van der Waals surface area contributed by atoms with E-state index in [9.17, 15) is 0 Å². The Morgan fingerprint density at radius 2 is 2.00 bits per heavy atom. The molecule has 0 amide bonds. The van der Waals surface area contributed by atoms with E-state index in [1.807, 2.05) is 53.0 Å². The molecule has 0 spiro atoms. The number of nitrogens with zero attached hydrogens (tertiary/aromatic N) is 3. The van der Waals surface area contributed by atoms with Gasteiger partial charge in [-0.3, -0.25) is 0 Å². The van der Waals surface area contributed by atoms with Crippen LogP contribution in [0, 0.1) is 0 Å². The summed E-state index contributed by atoms with van der Waals surface area (Å²) in [5.41, 5.74) is 1.02. The molecule has 0 aliphatic heterocycles. The minimum Gasteiger partial charge on any atom is -0.395 e. The second-order valence-corrected chi connectivity index (χ2v) is 3.58. The molecule has 0 saturated carbocycles. The van der Waals surface area contributed by atoms with E-state index in [2.05, 4.69) is 5.10 Å². The third kappa shape index (κ3) is 2.06. The van der Waals surface area contributed by atoms with E-state index in [0.29, 0.717) is 6.54 Å². The predicted octanol–water partition coefficient (Wildman–Crippen LogP) is 1.30. The van der Waals surface area contributed by atoms with Gasteiger partial charge in [0.05, 0.1) is 18.5 Å². The van der Waals surface area contributed by atoms with E-state index in [1.54, 1.807) is 6.20 Å². The predicted molar refractivity (Wildman–Crippen MR) is 63.9 cm³/mol. The van der Waals surface area contributed by atoms with Crippen molar-refractivity contribution in [3.05, 3.63) is 42.6 Å². The Labute approximate surface area is 94.7 Å². The molecular formula is C12H15N3O. The fourth-order valence-electron chi connectivity index (χ4n) is 1.62. The van der Waals surface area contributed by atoms with Crippen LogP contribution in [-0.2, 0) is 0 Å². The molecule has 84 valence electrons. The summed E-state index contributed by atoms with van der Waals surface area (Å²) < 4.78 is 1.86. The Hall–Kier alpha value is -1.81. The fraction of sp³-hybridized carbons (Fsp3) is 0.250. The zero-order chi connectivity index (χ0) is 11.4. The van der Waals surface area contributed by atoms with E-state index in [1.165, 1.54) is 0 Å². The number of likely N-dealkylation sites (N-methyl/N-ethyl adjacent to an activating group) is 1. The molecular weight excluding hydrogens is 202 g/mol. The number of rotatable bonds is 4. The van der Waals surface area contributed by atoms with Crippen LogP contribution in [0.2, 0.25) is 0 Å². The molecule has 2 rings (SSSR count). The van der Waals surface area contributed by atoms with E-state index < -0.39 is 0 Å². The molecule has 16 heavy (non-hydrogen) atoms. The number of hydrogen-bond acceptors (Lipinski definition) is 3. The quantitative estimate of drug-likeness (QED) is 0.839. The summed E-state index contributed by atoms with van der Waals surface area (Å²) in [6, 6.07) is 11.9. The largest absolute Gasteiger partial charge is 0.395 e. The van der Waals surface area contributed by atoms with E-state index in [4.69, 9.17) is 5.11 Å². The molecule has 1 N–H and O–H groups in total. The number of aromatic nitrogens is 2. The smallest absolute Gasteiger partial charge is 0.132 e. The molecule has 0 unspecified atom stereocenters. The third-order valence-electron chi connectivity index (χ3n) is 2.45. The second kappa shape index (κ2) is 4.81. The second-order valence-electron chi connectivity index (χ2n) is 3.58. The number of hydrogen-bond donors (Lipinski definition) is 1. The van der Waals surface area contributed by atoms with Gasteiger partial charge in [0.2, 0.25) is 0 Å². The van der Waals surface area contributed by atoms with Gasteiger partial charge in [0.1, 0.15) is 5.82 Å². The zero-order valence-corrected chi connectivity index (χ0v) is 9.24. The highest BCUT2D eigenvalue weighted by Gasteiger charge is 2.08. The van der Waals surface area contributed by atoms with Gasteiger partial charge in [0.15, 0.2) is 0 Å². The standard InChI is InChI=1S/C12H15N3O/c1-14(9-10-16)12-7-8-13-15(12)11-5-3-2-4-6-11/h2-8,16H,9-10H2,1H3. The van der Waals surface area contributed by atoms with Crippen LogP contribution in [0.3, 0.4) is 0 Å². The Morgan fingerprint density at radius 3 is 2.69 bits per heavy atom. The van der Waals surface area contributed by atoms with Gasteiger partial charge in [-0.05, 0) is 12.1 Å². The van der Waals surface area contributed by atoms with Crippen molar-refractivity contribution in [2.45, 2.75) is 0 Å². The molecule has 0 atom stereocenters. The Bertz CT molecular complexity index is 439. The molecule has 0 radical (unpaired) electrons. The lowest BCUT2D eigenvalue weighted by Crippen LogP contribution is -2.23. The highest BCUT2D eigenvalue weighted by atomic mass is 16.3. The van der Waals surface area contributed by atoms with Crippen molar-refractivity contribution in [3.8, 4) is 5.69 Å².